The molecule has 4 aromatic rings. The van der Waals surface area contributed by atoms with Crippen molar-refractivity contribution in [3.8, 4) is 5.75 Å². The van der Waals surface area contributed by atoms with Gasteiger partial charge in [-0.2, -0.15) is 4.98 Å². The van der Waals surface area contributed by atoms with E-state index in [-0.39, 0.29) is 60.3 Å². The minimum Gasteiger partial charge on any atom is -0.478 e. The maximum absolute atomic E-state index is 13.2. The molecule has 63 heavy (non-hydrogen) atoms. The first kappa shape index (κ1) is 42.5. The van der Waals surface area contributed by atoms with E-state index < -0.39 is 11.9 Å². The number of carbonyl (C=O) groups excluding carboxylic acids is 4. The Kier molecular flexibility index (Phi) is 12.0. The maximum atomic E-state index is 13.2. The van der Waals surface area contributed by atoms with E-state index in [0.29, 0.717) is 47.0 Å². The van der Waals surface area contributed by atoms with E-state index in [4.69, 9.17) is 26.1 Å². The fourth-order valence-electron chi connectivity index (χ4n) is 9.47. The highest BCUT2D eigenvalue weighted by atomic mass is 35.5. The van der Waals surface area contributed by atoms with Gasteiger partial charge in [0.2, 0.25) is 17.8 Å². The molecule has 5 aliphatic rings. The quantitative estimate of drug-likeness (QED) is 0.171. The molecule has 4 amide bonds. The lowest BCUT2D eigenvalue weighted by Gasteiger charge is -2.48. The van der Waals surface area contributed by atoms with Gasteiger partial charge in [-0.15, -0.1) is 0 Å². The van der Waals surface area contributed by atoms with Gasteiger partial charge in [0.25, 0.3) is 17.4 Å². The van der Waals surface area contributed by atoms with Gasteiger partial charge in [-0.25, -0.2) is 4.98 Å². The number of aromatic nitrogens is 3. The zero-order valence-electron chi connectivity index (χ0n) is 35.8. The van der Waals surface area contributed by atoms with Crippen molar-refractivity contribution in [1.29, 1.82) is 0 Å². The maximum Gasteiger partial charge on any atom is 0.293 e. The van der Waals surface area contributed by atoms with Crippen LogP contribution in [0, 0.1) is 0 Å². The SMILES string of the molecule is CNC(=O)COc1cc2cc(Nc3nc(N4CCC(OC5CC(N6CCCN(c7ccc8c(c7)CN(C7CCC(=O)NC7=O)C8=O)C6)C5)CC4)ncc3Cl)ccc2n(C(C)C)c1=O. The summed E-state index contributed by atoms with van der Waals surface area (Å²) in [5.74, 6) is -0.0252. The van der Waals surface area contributed by atoms with E-state index in [1.807, 2.05) is 44.2 Å². The summed E-state index contributed by atoms with van der Waals surface area (Å²) >= 11 is 6.61. The summed E-state index contributed by atoms with van der Waals surface area (Å²) in [6.45, 7) is 8.24. The lowest BCUT2D eigenvalue weighted by atomic mass is 9.87. The first-order chi connectivity index (χ1) is 30.4. The third kappa shape index (κ3) is 8.78. The number of nitrogens with one attached hydrogen (secondary N) is 3. The molecule has 3 N–H and O–H groups in total. The molecule has 1 unspecified atom stereocenters. The first-order valence-electron chi connectivity index (χ1n) is 21.9. The van der Waals surface area contributed by atoms with Gasteiger partial charge >= 0.3 is 0 Å². The summed E-state index contributed by atoms with van der Waals surface area (Å²) < 4.78 is 13.9. The van der Waals surface area contributed by atoms with Crippen LogP contribution in [0.2, 0.25) is 5.02 Å². The Balaban J connectivity index is 0.763. The molecule has 0 bridgehead atoms. The summed E-state index contributed by atoms with van der Waals surface area (Å²) in [4.78, 5) is 80.6. The van der Waals surface area contributed by atoms with Crippen molar-refractivity contribution in [3.63, 3.8) is 0 Å². The Morgan fingerprint density at radius 3 is 2.54 bits per heavy atom. The van der Waals surface area contributed by atoms with Crippen LogP contribution < -0.4 is 36.0 Å². The third-order valence-electron chi connectivity index (χ3n) is 12.9. The van der Waals surface area contributed by atoms with Crippen molar-refractivity contribution in [2.75, 3.05) is 61.6 Å². The first-order valence-corrected chi connectivity index (χ1v) is 22.3. The van der Waals surface area contributed by atoms with Crippen LogP contribution in [0.3, 0.4) is 0 Å². The summed E-state index contributed by atoms with van der Waals surface area (Å²) in [7, 11) is 1.51. The van der Waals surface area contributed by atoms with Crippen molar-refractivity contribution in [2.24, 2.45) is 0 Å². The highest BCUT2D eigenvalue weighted by Gasteiger charge is 2.41. The Morgan fingerprint density at radius 2 is 1.78 bits per heavy atom. The Labute approximate surface area is 370 Å². The van der Waals surface area contributed by atoms with E-state index in [2.05, 4.69) is 41.7 Å². The molecule has 1 aliphatic carbocycles. The molecule has 2 aromatic carbocycles. The van der Waals surface area contributed by atoms with Gasteiger partial charge < -0.3 is 39.4 Å². The second-order valence-electron chi connectivity index (χ2n) is 17.4. The van der Waals surface area contributed by atoms with E-state index in [9.17, 15) is 24.0 Å². The highest BCUT2D eigenvalue weighted by molar-refractivity contribution is 6.33. The van der Waals surface area contributed by atoms with Gasteiger partial charge in [0.15, 0.2) is 18.2 Å². The summed E-state index contributed by atoms with van der Waals surface area (Å²) in [5.41, 5.74) is 3.78. The number of halogens is 1. The van der Waals surface area contributed by atoms with Crippen molar-refractivity contribution in [1.82, 2.24) is 35.0 Å². The number of ether oxygens (including phenoxy) is 2. The molecule has 17 nitrogen and oxygen atoms in total. The predicted molar refractivity (Wildman–Crippen MR) is 238 cm³/mol. The molecule has 0 spiro atoms. The number of nitrogens with zero attached hydrogens (tertiary/aromatic N) is 7. The molecule has 4 fully saturated rings. The lowest BCUT2D eigenvalue weighted by molar-refractivity contribution is -0.137. The van der Waals surface area contributed by atoms with Gasteiger partial charge in [0, 0.05) is 80.6 Å². The van der Waals surface area contributed by atoms with E-state index in [1.54, 1.807) is 21.7 Å². The molecular weight excluding hydrogens is 828 g/mol. The fourth-order valence-corrected chi connectivity index (χ4v) is 9.61. The van der Waals surface area contributed by atoms with Gasteiger partial charge in [-0.05, 0) is 100 Å². The van der Waals surface area contributed by atoms with Gasteiger partial charge in [0.1, 0.15) is 11.1 Å². The molecule has 1 saturated carbocycles. The zero-order chi connectivity index (χ0) is 43.9. The van der Waals surface area contributed by atoms with Crippen molar-refractivity contribution >= 4 is 69.3 Å². The number of rotatable bonds is 12. The van der Waals surface area contributed by atoms with Gasteiger partial charge in [-0.3, -0.25) is 34.2 Å². The standard InChI is InChI=1S/C45H53ClN10O7/c1-26(2)56-36-8-5-29(17-27(36)19-38(44(56)61)62-24-40(58)47-3)49-41-35(46)22-48-45(51-41)52-15-11-32(12-16-52)63-33-20-31(21-33)54-14-4-13-53(25-54)30-6-7-34-28(18-30)23-55(43(34)60)37-9-10-39(57)50-42(37)59/h5-8,17-19,22,26,31-33,37H,4,9-16,20-21,23-25H2,1-3H3,(H,47,58)(H,48,49,51)(H,50,57,59). The zero-order valence-corrected chi connectivity index (χ0v) is 36.5. The number of carbonyl (C=O) groups is 4. The van der Waals surface area contributed by atoms with Crippen LogP contribution in [0.1, 0.15) is 80.8 Å². The number of likely N-dealkylation sites (N-methyl/N-ethyl adjacent to an activating group) is 1. The molecule has 0 radical (unpaired) electrons. The summed E-state index contributed by atoms with van der Waals surface area (Å²) in [5, 5.41) is 9.34. The number of anilines is 4. The lowest BCUT2D eigenvalue weighted by Crippen LogP contribution is -2.56. The normalized spacial score (nSPS) is 22.0. The molecule has 2 aromatic heterocycles. The largest absolute Gasteiger partial charge is 0.478 e. The Morgan fingerprint density at radius 1 is 0.968 bits per heavy atom. The average Bonchev–Trinajstić information content (AvgIpc) is 3.59. The van der Waals surface area contributed by atoms with Crippen LogP contribution in [0.4, 0.5) is 23.1 Å². The van der Waals surface area contributed by atoms with E-state index in [0.717, 1.165) is 87.1 Å². The number of hydrogen-bond acceptors (Lipinski definition) is 13. The number of amides is 4. The van der Waals surface area contributed by atoms with E-state index >= 15 is 0 Å². The number of benzene rings is 2. The minimum atomic E-state index is -0.619. The van der Waals surface area contributed by atoms with E-state index in [1.165, 1.54) is 7.05 Å². The minimum absolute atomic E-state index is 0.0922. The second-order valence-corrected chi connectivity index (χ2v) is 17.8. The number of hydrogen-bond donors (Lipinski definition) is 3. The van der Waals surface area contributed by atoms with Crippen molar-refractivity contribution < 1.29 is 28.7 Å². The molecule has 3 saturated heterocycles. The van der Waals surface area contributed by atoms with Crippen LogP contribution in [0.15, 0.2) is 53.5 Å². The molecule has 9 rings (SSSR count). The Bertz CT molecular complexity index is 2500. The van der Waals surface area contributed by atoms with Crippen LogP contribution in [0.25, 0.3) is 10.9 Å². The predicted octanol–water partition coefficient (Wildman–Crippen LogP) is 4.34. The van der Waals surface area contributed by atoms with Crippen LogP contribution in [-0.4, -0.2) is 119 Å². The van der Waals surface area contributed by atoms with Gasteiger partial charge in [-0.1, -0.05) is 11.6 Å². The molecular formula is C45H53ClN10O7. The third-order valence-corrected chi connectivity index (χ3v) is 13.2. The van der Waals surface area contributed by atoms with Crippen molar-refractivity contribution in [3.05, 3.63) is 75.2 Å². The topological polar surface area (TPSA) is 184 Å². The molecule has 18 heteroatoms. The van der Waals surface area contributed by atoms with Crippen LogP contribution in [-0.2, 0) is 25.7 Å². The van der Waals surface area contributed by atoms with Crippen LogP contribution in [0.5, 0.6) is 5.75 Å². The second kappa shape index (κ2) is 17.8. The molecule has 6 heterocycles. The number of imide groups is 1. The number of piperidine rings is 2. The molecule has 1 atom stereocenters. The van der Waals surface area contributed by atoms with Gasteiger partial charge in [0.05, 0.1) is 30.6 Å². The monoisotopic (exact) mass is 880 g/mol. The molecule has 332 valence electrons. The molecule has 4 aliphatic heterocycles. The summed E-state index contributed by atoms with van der Waals surface area (Å²) in [6.07, 6.45) is 7.35. The number of fused-ring (bicyclic) bond motifs is 2. The number of pyridine rings is 1. The highest BCUT2D eigenvalue weighted by Crippen LogP contribution is 2.36. The smallest absolute Gasteiger partial charge is 0.293 e. The fraction of sp³-hybridized carbons (Fsp3) is 0.489. The van der Waals surface area contributed by atoms with Crippen molar-refractivity contribution in [2.45, 2.75) is 95.7 Å². The summed E-state index contributed by atoms with van der Waals surface area (Å²) in [6, 6.07) is 13.0. The average molecular weight is 881 g/mol. The van der Waals surface area contributed by atoms with Crippen LogP contribution >= 0.6 is 11.6 Å². The Hall–Kier alpha value is -5.78.